The maximum absolute atomic E-state index is 13.3. The quantitative estimate of drug-likeness (QED) is 0.554. The molecule has 0 spiro atoms. The molecule has 1 aliphatic rings. The highest BCUT2D eigenvalue weighted by Gasteiger charge is 2.27. The molecule has 0 saturated heterocycles. The molecular weight excluding hydrogens is 438 g/mol. The van der Waals surface area contributed by atoms with Gasteiger partial charge in [-0.2, -0.15) is 9.40 Å². The van der Waals surface area contributed by atoms with Gasteiger partial charge < -0.3 is 4.90 Å². The second-order valence-electron chi connectivity index (χ2n) is 8.18. The van der Waals surface area contributed by atoms with Crippen LogP contribution in [0.15, 0.2) is 47.5 Å². The molecule has 1 aliphatic heterocycles. The van der Waals surface area contributed by atoms with E-state index in [1.165, 1.54) is 4.31 Å². The van der Waals surface area contributed by atoms with Crippen LogP contribution in [-0.4, -0.2) is 53.0 Å². The van der Waals surface area contributed by atoms with E-state index in [-0.39, 0.29) is 10.8 Å². The number of anilines is 1. The first kappa shape index (κ1) is 23.1. The normalized spacial score (nSPS) is 13.9. The number of rotatable bonds is 6. The van der Waals surface area contributed by atoms with Gasteiger partial charge in [-0.3, -0.25) is 4.79 Å². The lowest BCUT2D eigenvalue weighted by Gasteiger charge is -2.30. The van der Waals surface area contributed by atoms with Gasteiger partial charge in [-0.25, -0.2) is 18.1 Å². The van der Waals surface area contributed by atoms with E-state index in [9.17, 15) is 13.2 Å². The minimum atomic E-state index is -3.55. The first-order valence-electron chi connectivity index (χ1n) is 11.2. The number of nitrogens with zero attached hydrogens (tertiary/aromatic N) is 5. The van der Waals surface area contributed by atoms with Gasteiger partial charge >= 0.3 is 0 Å². The van der Waals surface area contributed by atoms with Crippen LogP contribution in [0.5, 0.6) is 0 Å². The number of carbonyl (C=O) groups excluding carboxylic acids is 1. The summed E-state index contributed by atoms with van der Waals surface area (Å²) >= 11 is 0. The van der Waals surface area contributed by atoms with Crippen molar-refractivity contribution in [2.24, 2.45) is 0 Å². The van der Waals surface area contributed by atoms with Gasteiger partial charge in [0.15, 0.2) is 5.82 Å². The molecule has 33 heavy (non-hydrogen) atoms. The molecule has 1 aromatic carbocycles. The Morgan fingerprint density at radius 3 is 2.45 bits per heavy atom. The number of carbonyl (C=O) groups is 1. The molecule has 0 N–H and O–H groups in total. The summed E-state index contributed by atoms with van der Waals surface area (Å²) in [6.45, 7) is 8.95. The number of hydrogen-bond donors (Lipinski definition) is 0. The monoisotopic (exact) mass is 467 g/mol. The third kappa shape index (κ3) is 4.30. The highest BCUT2D eigenvalue weighted by molar-refractivity contribution is 7.89. The number of amides is 1. The first-order chi connectivity index (χ1) is 15.8. The zero-order valence-corrected chi connectivity index (χ0v) is 20.3. The summed E-state index contributed by atoms with van der Waals surface area (Å²) < 4.78 is 29.0. The van der Waals surface area contributed by atoms with E-state index < -0.39 is 10.0 Å². The fourth-order valence-corrected chi connectivity index (χ4v) is 5.82. The smallest absolute Gasteiger partial charge is 0.259 e. The van der Waals surface area contributed by atoms with Gasteiger partial charge in [0.2, 0.25) is 10.0 Å². The van der Waals surface area contributed by atoms with Crippen LogP contribution in [0.4, 0.5) is 5.69 Å². The molecule has 174 valence electrons. The van der Waals surface area contributed by atoms with Crippen LogP contribution in [0.1, 0.15) is 47.6 Å². The molecule has 0 aliphatic carbocycles. The topological polar surface area (TPSA) is 88.4 Å². The zero-order chi connectivity index (χ0) is 23.8. The molecule has 0 unspecified atom stereocenters. The fraction of sp³-hybridized carbons (Fsp3) is 0.375. The van der Waals surface area contributed by atoms with E-state index in [1.807, 2.05) is 33.8 Å². The van der Waals surface area contributed by atoms with Crippen molar-refractivity contribution in [1.29, 1.82) is 0 Å². The van der Waals surface area contributed by atoms with Crippen LogP contribution >= 0.6 is 0 Å². The average Bonchev–Trinajstić information content (AvgIpc) is 3.16. The highest BCUT2D eigenvalue weighted by Crippen LogP contribution is 2.31. The van der Waals surface area contributed by atoms with E-state index in [1.54, 1.807) is 46.1 Å². The predicted octanol–water partition coefficient (Wildman–Crippen LogP) is 3.51. The lowest BCUT2D eigenvalue weighted by Crippen LogP contribution is -2.36. The molecule has 8 nitrogen and oxygen atoms in total. The van der Waals surface area contributed by atoms with E-state index in [0.717, 1.165) is 35.5 Å². The fourth-order valence-electron chi connectivity index (χ4n) is 4.31. The van der Waals surface area contributed by atoms with Crippen molar-refractivity contribution >= 4 is 21.6 Å². The summed E-state index contributed by atoms with van der Waals surface area (Å²) in [5.41, 5.74) is 3.98. The van der Waals surface area contributed by atoms with Crippen LogP contribution < -0.4 is 4.90 Å². The summed E-state index contributed by atoms with van der Waals surface area (Å²) in [6.07, 6.45) is 3.07. The Labute approximate surface area is 194 Å². The molecular formula is C24H29N5O3S. The summed E-state index contributed by atoms with van der Waals surface area (Å²) in [4.78, 5) is 19.7. The Hall–Kier alpha value is -3.04. The minimum Gasteiger partial charge on any atom is -0.308 e. The summed E-state index contributed by atoms with van der Waals surface area (Å²) in [5.74, 6) is 0.505. The Balaban J connectivity index is 1.61. The van der Waals surface area contributed by atoms with E-state index in [0.29, 0.717) is 31.0 Å². The van der Waals surface area contributed by atoms with E-state index >= 15 is 0 Å². The van der Waals surface area contributed by atoms with Gasteiger partial charge in [0, 0.05) is 37.2 Å². The number of fused-ring (bicyclic) bond motifs is 1. The van der Waals surface area contributed by atoms with Crippen LogP contribution in [-0.2, 0) is 16.4 Å². The van der Waals surface area contributed by atoms with Crippen LogP contribution in [0.3, 0.4) is 0 Å². The Kier molecular flexibility index (Phi) is 6.36. The number of aryl methyl sites for hydroxylation is 3. The first-order valence-corrected chi connectivity index (χ1v) is 12.6. The van der Waals surface area contributed by atoms with E-state index in [4.69, 9.17) is 0 Å². The Bertz CT molecular complexity index is 1280. The molecule has 1 amide bonds. The molecule has 0 radical (unpaired) electrons. The van der Waals surface area contributed by atoms with Crippen molar-refractivity contribution in [2.45, 2.75) is 45.4 Å². The maximum atomic E-state index is 13.3. The molecule has 4 rings (SSSR count). The van der Waals surface area contributed by atoms with E-state index in [2.05, 4.69) is 10.1 Å². The standard InChI is InChI=1S/C24H29N5O3S/c1-5-27(6-2)33(31,32)21-10-11-22-19(15-21)8-7-13-28(22)24(30)20-9-12-23(25-16-20)29-18(4)14-17(3)26-29/h9-12,14-16H,5-8,13H2,1-4H3. The van der Waals surface area contributed by atoms with Crippen molar-refractivity contribution in [3.63, 3.8) is 0 Å². The highest BCUT2D eigenvalue weighted by atomic mass is 32.2. The number of hydrogen-bond acceptors (Lipinski definition) is 5. The second-order valence-corrected chi connectivity index (χ2v) is 10.1. The van der Waals surface area contributed by atoms with Crippen LogP contribution in [0.2, 0.25) is 0 Å². The molecule has 0 fully saturated rings. The van der Waals surface area contributed by atoms with Gasteiger partial charge in [0.1, 0.15) is 0 Å². The van der Waals surface area contributed by atoms with Crippen molar-refractivity contribution in [3.05, 3.63) is 65.1 Å². The molecule has 0 saturated carbocycles. The Morgan fingerprint density at radius 1 is 1.09 bits per heavy atom. The number of aromatic nitrogens is 3. The maximum Gasteiger partial charge on any atom is 0.259 e. The zero-order valence-electron chi connectivity index (χ0n) is 19.4. The van der Waals surface area contributed by atoms with Gasteiger partial charge in [0.05, 0.1) is 16.2 Å². The predicted molar refractivity (Wildman–Crippen MR) is 127 cm³/mol. The molecule has 9 heteroatoms. The van der Waals surface area contributed by atoms with Gasteiger partial charge in [-0.15, -0.1) is 0 Å². The SMILES string of the molecule is CCN(CC)S(=O)(=O)c1ccc2c(c1)CCCN2C(=O)c1ccc(-n2nc(C)cc2C)nc1. The molecule has 3 aromatic rings. The summed E-state index contributed by atoms with van der Waals surface area (Å²) in [5, 5.41) is 4.43. The number of pyridine rings is 1. The Morgan fingerprint density at radius 2 is 1.85 bits per heavy atom. The van der Waals surface area contributed by atoms with Gasteiger partial charge in [-0.05, 0) is 68.7 Å². The van der Waals surface area contributed by atoms with Crippen molar-refractivity contribution in [1.82, 2.24) is 19.1 Å². The van der Waals surface area contributed by atoms with Crippen molar-refractivity contribution in [2.75, 3.05) is 24.5 Å². The molecule has 0 atom stereocenters. The van der Waals surface area contributed by atoms with Crippen molar-refractivity contribution < 1.29 is 13.2 Å². The third-order valence-electron chi connectivity index (χ3n) is 5.98. The molecule has 2 aromatic heterocycles. The number of sulfonamides is 1. The lowest BCUT2D eigenvalue weighted by molar-refractivity contribution is 0.0984. The lowest BCUT2D eigenvalue weighted by atomic mass is 10.0. The van der Waals surface area contributed by atoms with Crippen LogP contribution in [0.25, 0.3) is 5.82 Å². The minimum absolute atomic E-state index is 0.150. The van der Waals surface area contributed by atoms with Crippen LogP contribution in [0, 0.1) is 13.8 Å². The molecule has 3 heterocycles. The summed E-state index contributed by atoms with van der Waals surface area (Å²) in [6, 6.07) is 10.6. The van der Waals surface area contributed by atoms with Gasteiger partial charge in [0.25, 0.3) is 5.91 Å². The van der Waals surface area contributed by atoms with Crippen molar-refractivity contribution in [3.8, 4) is 5.82 Å². The number of benzene rings is 1. The second kappa shape index (κ2) is 9.07. The summed E-state index contributed by atoms with van der Waals surface area (Å²) in [7, 11) is -3.55. The molecule has 0 bridgehead atoms. The van der Waals surface area contributed by atoms with Gasteiger partial charge in [-0.1, -0.05) is 13.8 Å². The largest absolute Gasteiger partial charge is 0.308 e. The average molecular weight is 468 g/mol. The third-order valence-corrected chi connectivity index (χ3v) is 8.03.